The summed E-state index contributed by atoms with van der Waals surface area (Å²) in [6.45, 7) is 24.9. The first-order valence-corrected chi connectivity index (χ1v) is 42.2. The number of imide groups is 1. The van der Waals surface area contributed by atoms with E-state index in [0.717, 1.165) is 88.3 Å². The number of nitrogens with zero attached hydrogens (tertiary/aromatic N) is 17. The van der Waals surface area contributed by atoms with Crippen molar-refractivity contribution in [3.05, 3.63) is 197 Å². The number of ether oxygens (including phenoxy) is 1. The van der Waals surface area contributed by atoms with Gasteiger partial charge in [-0.05, 0) is 98.7 Å². The highest BCUT2D eigenvalue weighted by Crippen LogP contribution is 2.39. The Kier molecular flexibility index (Phi) is 35.2. The number of unbranched alkanes of at least 4 members (excludes halogenated alkanes) is 2. The molecule has 6 bridgehead atoms. The van der Waals surface area contributed by atoms with Crippen molar-refractivity contribution in [1.29, 1.82) is 0 Å². The Labute approximate surface area is 702 Å². The van der Waals surface area contributed by atoms with Crippen LogP contribution in [0.5, 0.6) is 0 Å². The molecule has 0 radical (unpaired) electrons. The van der Waals surface area contributed by atoms with Crippen LogP contribution in [-0.4, -0.2) is 265 Å². The molecular weight excluding hydrogens is 1560 g/mol. The molecule has 1 saturated carbocycles. The molecule has 4 N–H and O–H groups in total. The van der Waals surface area contributed by atoms with Crippen LogP contribution in [0.15, 0.2) is 140 Å². The van der Waals surface area contributed by atoms with Crippen LogP contribution in [0, 0.1) is 5.92 Å². The number of fused-ring (bicyclic) bond motifs is 13. The number of carbonyl (C=O) groups is 7. The summed E-state index contributed by atoms with van der Waals surface area (Å²) in [6, 6.07) is 20.7. The fraction of sp³-hybridized carbons (Fsp3) is 0.488. The predicted molar refractivity (Wildman–Crippen MR) is 444 cm³/mol. The molecule has 8 heterocycles. The third-order valence-electron chi connectivity index (χ3n) is 20.5. The average Bonchev–Trinajstić information content (AvgIpc) is 1.04. The molecule has 0 spiro atoms. The van der Waals surface area contributed by atoms with E-state index in [1.165, 1.54) is 46.6 Å². The number of amides is 6. The summed E-state index contributed by atoms with van der Waals surface area (Å²) in [6.07, 6.45) is 19.5. The van der Waals surface area contributed by atoms with Crippen molar-refractivity contribution >= 4 is 57.2 Å². The quantitative estimate of drug-likeness (QED) is 0.0146. The van der Waals surface area contributed by atoms with Gasteiger partial charge in [0.05, 0.1) is 115 Å². The molecule has 1 aliphatic carbocycles. The summed E-state index contributed by atoms with van der Waals surface area (Å²) in [5.41, 5.74) is 7.46. The molecule has 4 aliphatic rings. The molecule has 3 aliphatic heterocycles. The van der Waals surface area contributed by atoms with E-state index >= 15 is 0 Å². The van der Waals surface area contributed by atoms with E-state index in [1.807, 2.05) is 80.0 Å². The molecule has 648 valence electrons. The standard InChI is InChI=1S/C45H56N14O7S.C21H26N2O7.C18H34N5/c1-6-7-19-58(2,3)30-34-28-56(54-52-34)36-22-38-42(60)46-17-10-8-9-11-18-47-43(61)39-23-37(57-29-35(53-55-57)31-59(4,5)20-12-21-67(64,65)66)25-41(51-39)45(63)49-27-33-15-13-32(14-16-33)26-48-44(62)40(24-36)50-38;1-3-22(10-11-29-12-18(26)30-23-16(24)8-9-17(23)25)15-6-4-14(5-7-15)19-20(27)13(2)21(19)28;1-7-11-14-23(5,6)16-17-15-22(20-19-17)13-12-21(10-4)18(8-2)9-3/h8-11,13-16,22-25,28-29H,6-7,12,17-21,26-27,30-31H2,1-5H3,(H3-2,46,47,48,49,60,61,62,63,64,65,66);4-7,13,19-21H,3,8-12H2,1-2H3;8-9,15H,2,7,10-14,16H2,1,3-6H3/q;-2;+1/p+1/b;;18-9+. The molecule has 120 heavy (non-hydrogen) atoms. The number of anilines is 1. The van der Waals surface area contributed by atoms with Gasteiger partial charge in [0, 0.05) is 88.8 Å². The summed E-state index contributed by atoms with van der Waals surface area (Å²) < 4.78 is 45.6. The van der Waals surface area contributed by atoms with Gasteiger partial charge in [-0.1, -0.05) is 129 Å². The molecule has 2 fully saturated rings. The predicted octanol–water partition coefficient (Wildman–Crippen LogP) is 4.37. The first kappa shape index (κ1) is 94.4. The molecule has 5 aromatic heterocycles. The van der Waals surface area contributed by atoms with Crippen molar-refractivity contribution in [1.82, 2.24) is 86.2 Å². The molecular formula is C84H117N21O14S. The fourth-order valence-electron chi connectivity index (χ4n) is 13.6. The normalized spacial score (nSPS) is 17.1. The van der Waals surface area contributed by atoms with E-state index in [9.17, 15) is 56.7 Å². The van der Waals surface area contributed by atoms with Crippen LogP contribution >= 0.6 is 0 Å². The Morgan fingerprint density at radius 3 is 1.50 bits per heavy atom. The van der Waals surface area contributed by atoms with Crippen LogP contribution in [-0.2, 0) is 73.3 Å². The second-order valence-corrected chi connectivity index (χ2v) is 33.3. The summed E-state index contributed by atoms with van der Waals surface area (Å²) in [4.78, 5) is 107. The second-order valence-electron chi connectivity index (χ2n) is 31.8. The molecule has 1 saturated heterocycles. The number of carbonyl (C=O) groups excluding carboxylic acids is 7. The Hall–Kier alpha value is -11.1. The van der Waals surface area contributed by atoms with Gasteiger partial charge in [0.15, 0.2) is 0 Å². The average molecular weight is 1680 g/mol. The van der Waals surface area contributed by atoms with Crippen molar-refractivity contribution in [3.63, 3.8) is 0 Å². The summed E-state index contributed by atoms with van der Waals surface area (Å²) >= 11 is 0. The topological polar surface area (TPSA) is 417 Å². The van der Waals surface area contributed by atoms with Gasteiger partial charge in [-0.3, -0.25) is 33.4 Å². The van der Waals surface area contributed by atoms with Gasteiger partial charge in [0.1, 0.15) is 66.1 Å². The molecule has 11 rings (SSSR count). The number of quaternary nitrogens is 3. The lowest BCUT2D eigenvalue weighted by atomic mass is 9.67. The fourth-order valence-corrected chi connectivity index (χ4v) is 14.1. The highest BCUT2D eigenvalue weighted by atomic mass is 32.2. The lowest BCUT2D eigenvalue weighted by molar-refractivity contribution is -0.904. The molecule has 36 heteroatoms. The molecule has 35 nitrogen and oxygen atoms in total. The lowest BCUT2D eigenvalue weighted by Crippen LogP contribution is -2.64. The largest absolute Gasteiger partial charge is 0.851 e. The zero-order chi connectivity index (χ0) is 87.3. The first-order chi connectivity index (χ1) is 57.1. The summed E-state index contributed by atoms with van der Waals surface area (Å²) in [7, 11) is 8.20. The van der Waals surface area contributed by atoms with Crippen molar-refractivity contribution < 1.29 is 79.8 Å². The number of allylic oxidation sites excluding steroid dienone is 4. The number of likely N-dealkylation sites (N-methyl/N-ethyl adjacent to an activating group) is 2. The number of aromatic nitrogens is 11. The zero-order valence-corrected chi connectivity index (χ0v) is 71.9. The minimum Gasteiger partial charge on any atom is -0.851 e. The van der Waals surface area contributed by atoms with Crippen molar-refractivity contribution in [2.45, 2.75) is 144 Å². The second kappa shape index (κ2) is 44.8. The highest BCUT2D eigenvalue weighted by Gasteiger charge is 2.35. The molecule has 2 aromatic carbocycles. The number of rotatable bonds is 33. The number of nitrogens with one attached hydrogen (secondary N) is 4. The van der Waals surface area contributed by atoms with E-state index < -0.39 is 75.4 Å². The van der Waals surface area contributed by atoms with E-state index in [0.29, 0.717) is 59.3 Å². The lowest BCUT2D eigenvalue weighted by Gasteiger charge is -2.60. The molecule has 2 atom stereocenters. The van der Waals surface area contributed by atoms with Crippen LogP contribution < -0.4 is 36.4 Å². The van der Waals surface area contributed by atoms with Crippen LogP contribution in [0.3, 0.4) is 0 Å². The third kappa shape index (κ3) is 29.1. The van der Waals surface area contributed by atoms with Crippen LogP contribution in [0.4, 0.5) is 5.69 Å². The molecule has 7 aromatic rings. The summed E-state index contributed by atoms with van der Waals surface area (Å²) in [5.74, 6) is -5.28. The Morgan fingerprint density at radius 1 is 0.617 bits per heavy atom. The Bertz CT molecular complexity index is 4800. The van der Waals surface area contributed by atoms with Crippen LogP contribution in [0.25, 0.3) is 11.4 Å². The maximum Gasteiger partial charge on any atom is 0.358 e. The van der Waals surface area contributed by atoms with Crippen LogP contribution in [0.2, 0.25) is 0 Å². The smallest absolute Gasteiger partial charge is 0.358 e. The van der Waals surface area contributed by atoms with Crippen molar-refractivity contribution in [2.24, 2.45) is 5.92 Å². The van der Waals surface area contributed by atoms with Crippen molar-refractivity contribution in [3.8, 4) is 11.4 Å². The van der Waals surface area contributed by atoms with Gasteiger partial charge in [-0.15, -0.1) is 32.6 Å². The minimum atomic E-state index is -4.33. The van der Waals surface area contributed by atoms with E-state index in [1.54, 1.807) is 67.9 Å². The van der Waals surface area contributed by atoms with Gasteiger partial charge in [-0.2, -0.15) is 0 Å². The van der Waals surface area contributed by atoms with E-state index in [4.69, 9.17) is 9.57 Å². The molecule has 2 unspecified atom stereocenters. The molecule has 6 amide bonds. The van der Waals surface area contributed by atoms with E-state index in [2.05, 4.69) is 135 Å². The van der Waals surface area contributed by atoms with Gasteiger partial charge >= 0.3 is 5.97 Å². The number of benzene rings is 2. The van der Waals surface area contributed by atoms with Gasteiger partial charge in [0.2, 0.25) is 0 Å². The number of pyridine rings is 2. The Balaban J connectivity index is 0.000000275. The maximum atomic E-state index is 13.6. The number of hydrogen-bond acceptors (Lipinski definition) is 24. The van der Waals surface area contributed by atoms with Gasteiger partial charge < -0.3 is 68.9 Å². The monoisotopic (exact) mass is 1680 g/mol. The van der Waals surface area contributed by atoms with Gasteiger partial charge in [0.25, 0.3) is 35.4 Å². The van der Waals surface area contributed by atoms with E-state index in [-0.39, 0.29) is 87.3 Å². The third-order valence-corrected chi connectivity index (χ3v) is 21.3. The first-order valence-electron chi connectivity index (χ1n) is 40.7. The van der Waals surface area contributed by atoms with Crippen molar-refractivity contribution in [2.75, 3.05) is 125 Å². The van der Waals surface area contributed by atoms with Crippen LogP contribution in [0.1, 0.15) is 168 Å². The van der Waals surface area contributed by atoms with Gasteiger partial charge in [-0.25, -0.2) is 32.5 Å². The SMILES string of the molecule is C=C/C(=C\C)N(CC)CCn1cc(C[N+](C)(C)CCCC)nn1.CCCC[N+](C)(C)Cc1cn(-c2cc3nc(c2)C(=O)NCc2ccc(cc2)CNC(=O)c2cc(-n4cc(C[N+](C)(C)CCCS(=O)(=O)[O-])nn4)cc(n2)C(=O)NCC=CC=CCNC3=O)nn1.CCN(CCOCC(=O)ON1C(=O)CCC1=O)c1ccc(C2C([O-])C(C)C2[O-])cc1. The summed E-state index contributed by atoms with van der Waals surface area (Å²) in [5, 5.41) is 61.6. The number of hydroxylamine groups is 2. The highest BCUT2D eigenvalue weighted by molar-refractivity contribution is 7.85. The zero-order valence-electron chi connectivity index (χ0n) is 71.0. The minimum absolute atomic E-state index is 0.0103. The maximum absolute atomic E-state index is 13.6. The Morgan fingerprint density at radius 2 is 1.07 bits per heavy atom. The number of hydrogen-bond donors (Lipinski definition) is 4.